The fourth-order valence-electron chi connectivity index (χ4n) is 2.48. The molecule has 0 atom stereocenters. The summed E-state index contributed by atoms with van der Waals surface area (Å²) in [5, 5.41) is 0. The lowest BCUT2D eigenvalue weighted by Crippen LogP contribution is -2.27. The first-order valence-electron chi connectivity index (χ1n) is 5.86. The lowest BCUT2D eigenvalue weighted by atomic mass is 10.1. The minimum Gasteiger partial charge on any atom is -0.399 e. The molecule has 0 bridgehead atoms. The van der Waals surface area contributed by atoms with E-state index in [-0.39, 0.29) is 0 Å². The van der Waals surface area contributed by atoms with Crippen LogP contribution in [0.15, 0.2) is 36.4 Å². The van der Waals surface area contributed by atoms with E-state index in [1.54, 1.807) is 0 Å². The van der Waals surface area contributed by atoms with Crippen LogP contribution in [0.5, 0.6) is 0 Å². The average molecular weight is 271 g/mol. The number of primary amides is 1. The predicted octanol–water partition coefficient (Wildman–Crippen LogP) is 2.57. The number of urea groups is 1. The summed E-state index contributed by atoms with van der Waals surface area (Å²) < 4.78 is 1.14. The number of thiol groups is 1. The highest BCUT2D eigenvalue weighted by molar-refractivity contribution is 7.82. The summed E-state index contributed by atoms with van der Waals surface area (Å²) in [6, 6.07) is 11.1. The number of fused-ring (bicyclic) bond motifs is 3. The van der Waals surface area contributed by atoms with Gasteiger partial charge in [0.05, 0.1) is 5.69 Å². The van der Waals surface area contributed by atoms with Gasteiger partial charge in [-0.25, -0.2) is 9.10 Å². The van der Waals surface area contributed by atoms with Crippen LogP contribution < -0.4 is 15.8 Å². The molecule has 3 rings (SSSR count). The van der Waals surface area contributed by atoms with Gasteiger partial charge in [-0.2, -0.15) is 0 Å². The lowest BCUT2D eigenvalue weighted by molar-refractivity contribution is 0.257. The van der Waals surface area contributed by atoms with Crippen molar-refractivity contribution in [3.8, 4) is 11.1 Å². The molecule has 0 radical (unpaired) electrons. The van der Waals surface area contributed by atoms with E-state index in [1.165, 1.54) is 16.7 Å². The molecule has 0 aromatic heterocycles. The van der Waals surface area contributed by atoms with Gasteiger partial charge in [-0.15, -0.1) is 0 Å². The molecule has 19 heavy (non-hydrogen) atoms. The quantitative estimate of drug-likeness (QED) is 0.470. The minimum atomic E-state index is -0.594. The van der Waals surface area contributed by atoms with Crippen molar-refractivity contribution in [1.29, 1.82) is 0 Å². The Bertz CT molecular complexity index is 684. The standard InChI is InChI=1S/C14H13N3OS/c15-10-1-3-12-8(6-10)5-9-7-11(2-4-13(9)12)17(19)14(16)18/h1-4,6-7,19H,5,15H2,(H2,16,18). The molecule has 96 valence electrons. The number of hydrogen-bond donors (Lipinski definition) is 3. The Morgan fingerprint density at radius 3 is 2.42 bits per heavy atom. The van der Waals surface area contributed by atoms with Crippen molar-refractivity contribution in [3.05, 3.63) is 47.5 Å². The molecule has 0 saturated carbocycles. The number of carbonyl (C=O) groups excluding carboxylic acids is 1. The van der Waals surface area contributed by atoms with Crippen molar-refractivity contribution in [2.45, 2.75) is 6.42 Å². The molecule has 1 aliphatic rings. The van der Waals surface area contributed by atoms with Gasteiger partial charge in [-0.1, -0.05) is 24.9 Å². The van der Waals surface area contributed by atoms with Crippen molar-refractivity contribution < 1.29 is 4.79 Å². The number of carbonyl (C=O) groups is 1. The van der Waals surface area contributed by atoms with Crippen LogP contribution in [0.2, 0.25) is 0 Å². The topological polar surface area (TPSA) is 72.4 Å². The van der Waals surface area contributed by atoms with Crippen LogP contribution in [-0.4, -0.2) is 6.03 Å². The molecule has 0 heterocycles. The number of anilines is 2. The van der Waals surface area contributed by atoms with E-state index in [0.717, 1.165) is 22.0 Å². The first-order valence-corrected chi connectivity index (χ1v) is 6.26. The van der Waals surface area contributed by atoms with Crippen molar-refractivity contribution in [2.75, 3.05) is 10.0 Å². The molecule has 2 aromatic carbocycles. The van der Waals surface area contributed by atoms with Gasteiger partial charge < -0.3 is 11.5 Å². The molecule has 2 amide bonds. The molecule has 0 fully saturated rings. The largest absolute Gasteiger partial charge is 0.399 e. The smallest absolute Gasteiger partial charge is 0.329 e. The third-order valence-corrected chi connectivity index (χ3v) is 3.77. The van der Waals surface area contributed by atoms with Gasteiger partial charge in [0.25, 0.3) is 0 Å². The molecule has 0 spiro atoms. The maximum Gasteiger partial charge on any atom is 0.329 e. The predicted molar refractivity (Wildman–Crippen MR) is 80.1 cm³/mol. The molecule has 2 aromatic rings. The second kappa shape index (κ2) is 4.20. The van der Waals surface area contributed by atoms with E-state index in [2.05, 4.69) is 12.8 Å². The average Bonchev–Trinajstić information content (AvgIpc) is 2.73. The second-order valence-corrected chi connectivity index (χ2v) is 4.98. The fraction of sp³-hybridized carbons (Fsp3) is 0.0714. The molecule has 1 aliphatic carbocycles. The number of nitrogens with two attached hydrogens (primary N) is 2. The molecule has 5 heteroatoms. The normalized spacial score (nSPS) is 11.8. The summed E-state index contributed by atoms with van der Waals surface area (Å²) in [6.45, 7) is 0. The van der Waals surface area contributed by atoms with Crippen LogP contribution in [0.4, 0.5) is 16.2 Å². The van der Waals surface area contributed by atoms with E-state index in [0.29, 0.717) is 5.69 Å². The van der Waals surface area contributed by atoms with Crippen molar-refractivity contribution >= 4 is 30.2 Å². The van der Waals surface area contributed by atoms with E-state index in [4.69, 9.17) is 11.5 Å². The van der Waals surface area contributed by atoms with Gasteiger partial charge >= 0.3 is 6.03 Å². The van der Waals surface area contributed by atoms with E-state index in [1.807, 2.05) is 36.4 Å². The zero-order valence-electron chi connectivity index (χ0n) is 10.1. The van der Waals surface area contributed by atoms with Crippen LogP contribution in [0.1, 0.15) is 11.1 Å². The van der Waals surface area contributed by atoms with Gasteiger partial charge in [-0.3, -0.25) is 0 Å². The van der Waals surface area contributed by atoms with E-state index >= 15 is 0 Å². The molecule has 0 aliphatic heterocycles. The van der Waals surface area contributed by atoms with E-state index < -0.39 is 6.03 Å². The van der Waals surface area contributed by atoms with Crippen LogP contribution in [0.3, 0.4) is 0 Å². The Labute approximate surface area is 116 Å². The minimum absolute atomic E-state index is 0.594. The Hall–Kier alpha value is -2.14. The number of nitrogens with zero attached hydrogens (tertiary/aromatic N) is 1. The summed E-state index contributed by atoms with van der Waals surface area (Å²) in [4.78, 5) is 11.1. The van der Waals surface area contributed by atoms with Gasteiger partial charge in [-0.05, 0) is 52.9 Å². The van der Waals surface area contributed by atoms with Crippen molar-refractivity contribution in [1.82, 2.24) is 0 Å². The lowest BCUT2D eigenvalue weighted by Gasteiger charge is -2.13. The summed E-state index contributed by atoms with van der Waals surface area (Å²) in [5.74, 6) is 0. The van der Waals surface area contributed by atoms with Crippen molar-refractivity contribution in [2.24, 2.45) is 5.73 Å². The zero-order valence-corrected chi connectivity index (χ0v) is 11.0. The Morgan fingerprint density at radius 1 is 1.11 bits per heavy atom. The highest BCUT2D eigenvalue weighted by atomic mass is 32.1. The van der Waals surface area contributed by atoms with Gasteiger partial charge in [0, 0.05) is 5.69 Å². The second-order valence-electron chi connectivity index (χ2n) is 4.58. The van der Waals surface area contributed by atoms with Crippen LogP contribution in [0, 0.1) is 0 Å². The third-order valence-electron chi connectivity index (χ3n) is 3.34. The zero-order chi connectivity index (χ0) is 13.6. The third kappa shape index (κ3) is 1.92. The molecular formula is C14H13N3OS. The molecule has 4 nitrogen and oxygen atoms in total. The van der Waals surface area contributed by atoms with Crippen molar-refractivity contribution in [3.63, 3.8) is 0 Å². The van der Waals surface area contributed by atoms with Gasteiger partial charge in [0.15, 0.2) is 0 Å². The SMILES string of the molecule is NC(=O)N(S)c1ccc2c(c1)Cc1cc(N)ccc1-2. The van der Waals surface area contributed by atoms with E-state index in [9.17, 15) is 4.79 Å². The van der Waals surface area contributed by atoms with Gasteiger partial charge in [0.1, 0.15) is 0 Å². The Balaban J connectivity index is 2.05. The fourth-order valence-corrected chi connectivity index (χ4v) is 2.60. The molecular weight excluding hydrogens is 258 g/mol. The van der Waals surface area contributed by atoms with Gasteiger partial charge in [0.2, 0.25) is 0 Å². The maximum absolute atomic E-state index is 11.1. The number of amides is 2. The summed E-state index contributed by atoms with van der Waals surface area (Å²) in [6.07, 6.45) is 0.809. The summed E-state index contributed by atoms with van der Waals surface area (Å²) in [5.41, 5.74) is 17.2. The van der Waals surface area contributed by atoms with Crippen LogP contribution >= 0.6 is 12.8 Å². The molecule has 0 unspecified atom stereocenters. The Kier molecular flexibility index (Phi) is 2.64. The van der Waals surface area contributed by atoms with Crippen LogP contribution in [-0.2, 0) is 6.42 Å². The molecule has 4 N–H and O–H groups in total. The first-order chi connectivity index (χ1) is 9.06. The highest BCUT2D eigenvalue weighted by Crippen LogP contribution is 2.39. The monoisotopic (exact) mass is 271 g/mol. The highest BCUT2D eigenvalue weighted by Gasteiger charge is 2.20. The van der Waals surface area contributed by atoms with Crippen LogP contribution in [0.25, 0.3) is 11.1 Å². The first kappa shape index (κ1) is 11.9. The maximum atomic E-state index is 11.1. The number of hydrogen-bond acceptors (Lipinski definition) is 3. The number of nitrogen functional groups attached to an aromatic ring is 1. The summed E-state index contributed by atoms with van der Waals surface area (Å²) >= 11 is 4.07. The number of benzene rings is 2. The Morgan fingerprint density at radius 2 is 1.74 bits per heavy atom. The molecule has 0 saturated heterocycles. The summed E-state index contributed by atoms with van der Waals surface area (Å²) in [7, 11) is 0. The number of rotatable bonds is 1.